The van der Waals surface area contributed by atoms with Crippen molar-refractivity contribution in [2.75, 3.05) is 11.2 Å². The number of aromatic nitrogens is 3. The zero-order valence-electron chi connectivity index (χ0n) is 12.5. The largest absolute Gasteiger partial charge is 0.293 e. The number of amides is 1. The van der Waals surface area contributed by atoms with Crippen molar-refractivity contribution >= 4 is 51.4 Å². The van der Waals surface area contributed by atoms with Gasteiger partial charge in [-0.1, -0.05) is 23.7 Å². The molecule has 1 aromatic carbocycles. The third-order valence-electron chi connectivity index (χ3n) is 3.40. The molecule has 5 nitrogen and oxygen atoms in total. The predicted octanol–water partition coefficient (Wildman–Crippen LogP) is 4.31. The standard InChI is InChI=1S/C15H14Cl2N4OS/c1-15(2,8-16)12(22)18-13-19-14-21(20-13)11(7-23-14)9-3-5-10(17)6-4-9/h3-7H,8H2,1-2H3,(H,18,20,22). The normalized spacial score (nSPS) is 11.8. The molecule has 0 saturated heterocycles. The molecule has 0 fully saturated rings. The van der Waals surface area contributed by atoms with Crippen LogP contribution in [-0.4, -0.2) is 26.4 Å². The monoisotopic (exact) mass is 368 g/mol. The van der Waals surface area contributed by atoms with Gasteiger partial charge in [-0.2, -0.15) is 4.98 Å². The van der Waals surface area contributed by atoms with Gasteiger partial charge < -0.3 is 0 Å². The first kappa shape index (κ1) is 16.2. The molecule has 0 saturated carbocycles. The number of benzene rings is 1. The molecule has 0 atom stereocenters. The SMILES string of the molecule is CC(C)(CCl)C(=O)Nc1nc2scc(-c3ccc(Cl)cc3)n2n1. The number of rotatable bonds is 4. The second kappa shape index (κ2) is 6.11. The summed E-state index contributed by atoms with van der Waals surface area (Å²) in [7, 11) is 0. The minimum absolute atomic E-state index is 0.209. The Labute approximate surface area is 147 Å². The van der Waals surface area contributed by atoms with Crippen LogP contribution in [0.15, 0.2) is 29.6 Å². The van der Waals surface area contributed by atoms with Crippen LogP contribution in [0.25, 0.3) is 16.2 Å². The number of anilines is 1. The van der Waals surface area contributed by atoms with E-state index in [4.69, 9.17) is 23.2 Å². The van der Waals surface area contributed by atoms with Gasteiger partial charge in [0.15, 0.2) is 0 Å². The van der Waals surface area contributed by atoms with E-state index in [0.29, 0.717) is 9.98 Å². The Balaban J connectivity index is 1.92. The molecular weight excluding hydrogens is 355 g/mol. The molecule has 0 spiro atoms. The van der Waals surface area contributed by atoms with Gasteiger partial charge in [0.25, 0.3) is 0 Å². The lowest BCUT2D eigenvalue weighted by Crippen LogP contribution is -2.32. The summed E-state index contributed by atoms with van der Waals surface area (Å²) in [5.41, 5.74) is 1.19. The number of fused-ring (bicyclic) bond motifs is 1. The zero-order valence-corrected chi connectivity index (χ0v) is 14.8. The average molecular weight is 369 g/mol. The van der Waals surface area contributed by atoms with Crippen molar-refractivity contribution in [1.29, 1.82) is 0 Å². The molecule has 120 valence electrons. The fraction of sp³-hybridized carbons (Fsp3) is 0.267. The molecule has 0 aliphatic heterocycles. The van der Waals surface area contributed by atoms with Crippen LogP contribution in [-0.2, 0) is 4.79 Å². The topological polar surface area (TPSA) is 59.3 Å². The lowest BCUT2D eigenvalue weighted by atomic mass is 9.95. The maximum absolute atomic E-state index is 12.2. The van der Waals surface area contributed by atoms with Crippen LogP contribution in [0.5, 0.6) is 0 Å². The highest BCUT2D eigenvalue weighted by Crippen LogP contribution is 2.27. The highest BCUT2D eigenvalue weighted by Gasteiger charge is 2.27. The Morgan fingerprint density at radius 2 is 2.04 bits per heavy atom. The van der Waals surface area contributed by atoms with E-state index in [0.717, 1.165) is 11.3 Å². The highest BCUT2D eigenvalue weighted by atomic mass is 35.5. The lowest BCUT2D eigenvalue weighted by Gasteiger charge is -2.18. The molecule has 0 aliphatic carbocycles. The van der Waals surface area contributed by atoms with Gasteiger partial charge in [-0.15, -0.1) is 28.0 Å². The van der Waals surface area contributed by atoms with Crippen molar-refractivity contribution in [3.63, 3.8) is 0 Å². The quantitative estimate of drug-likeness (QED) is 0.697. The van der Waals surface area contributed by atoms with Crippen LogP contribution in [0.1, 0.15) is 13.8 Å². The second-order valence-electron chi connectivity index (χ2n) is 5.73. The van der Waals surface area contributed by atoms with Crippen LogP contribution in [0, 0.1) is 5.41 Å². The van der Waals surface area contributed by atoms with Gasteiger partial charge >= 0.3 is 0 Å². The number of carbonyl (C=O) groups is 1. The smallest absolute Gasteiger partial charge is 0.250 e. The Kier molecular flexibility index (Phi) is 4.31. The number of hydrogen-bond donors (Lipinski definition) is 1. The summed E-state index contributed by atoms with van der Waals surface area (Å²) in [6.07, 6.45) is 0. The summed E-state index contributed by atoms with van der Waals surface area (Å²) in [6, 6.07) is 7.48. The Morgan fingerprint density at radius 1 is 1.35 bits per heavy atom. The third kappa shape index (κ3) is 3.20. The minimum atomic E-state index is -0.681. The van der Waals surface area contributed by atoms with E-state index >= 15 is 0 Å². The number of nitrogens with one attached hydrogen (secondary N) is 1. The van der Waals surface area contributed by atoms with E-state index in [-0.39, 0.29) is 17.7 Å². The van der Waals surface area contributed by atoms with Gasteiger partial charge in [-0.05, 0) is 26.0 Å². The molecule has 0 unspecified atom stereocenters. The molecular formula is C15H14Cl2N4OS. The number of thiazole rings is 1. The summed E-state index contributed by atoms with van der Waals surface area (Å²) >= 11 is 13.2. The van der Waals surface area contributed by atoms with Crippen molar-refractivity contribution < 1.29 is 4.79 Å². The van der Waals surface area contributed by atoms with E-state index in [1.165, 1.54) is 11.3 Å². The first-order chi connectivity index (χ1) is 10.9. The number of halogens is 2. The van der Waals surface area contributed by atoms with Gasteiger partial charge in [0.1, 0.15) is 0 Å². The number of hydrogen-bond acceptors (Lipinski definition) is 4. The summed E-state index contributed by atoms with van der Waals surface area (Å²) in [5, 5.41) is 9.72. The predicted molar refractivity (Wildman–Crippen MR) is 94.4 cm³/mol. The van der Waals surface area contributed by atoms with E-state index in [1.54, 1.807) is 18.4 Å². The molecule has 0 bridgehead atoms. The Bertz CT molecular complexity index is 854. The molecule has 0 radical (unpaired) electrons. The molecule has 3 aromatic rings. The van der Waals surface area contributed by atoms with Gasteiger partial charge in [-0.25, -0.2) is 4.52 Å². The van der Waals surface area contributed by atoms with E-state index in [1.807, 2.05) is 29.6 Å². The molecule has 8 heteroatoms. The molecule has 2 aromatic heterocycles. The number of carbonyl (C=O) groups excluding carboxylic acids is 1. The van der Waals surface area contributed by atoms with Gasteiger partial charge in [0.05, 0.1) is 11.1 Å². The van der Waals surface area contributed by atoms with Crippen LogP contribution in [0.4, 0.5) is 5.95 Å². The third-order valence-corrected chi connectivity index (χ3v) is 5.13. The van der Waals surface area contributed by atoms with Crippen LogP contribution < -0.4 is 5.32 Å². The molecule has 1 amide bonds. The molecule has 0 aliphatic rings. The van der Waals surface area contributed by atoms with Crippen molar-refractivity contribution in [2.45, 2.75) is 13.8 Å². The highest BCUT2D eigenvalue weighted by molar-refractivity contribution is 7.15. The first-order valence-electron chi connectivity index (χ1n) is 6.88. The number of nitrogens with zero attached hydrogens (tertiary/aromatic N) is 3. The summed E-state index contributed by atoms with van der Waals surface area (Å²) in [4.78, 5) is 17.2. The summed E-state index contributed by atoms with van der Waals surface area (Å²) in [5.74, 6) is 0.283. The minimum Gasteiger partial charge on any atom is -0.293 e. The molecule has 1 N–H and O–H groups in total. The second-order valence-corrected chi connectivity index (χ2v) is 7.27. The van der Waals surface area contributed by atoms with Gasteiger partial charge in [0, 0.05) is 21.8 Å². The number of alkyl halides is 1. The van der Waals surface area contributed by atoms with Gasteiger partial charge in [-0.3, -0.25) is 10.1 Å². The fourth-order valence-corrected chi connectivity index (χ4v) is 2.96. The van der Waals surface area contributed by atoms with Gasteiger partial charge in [0.2, 0.25) is 16.8 Å². The van der Waals surface area contributed by atoms with Crippen LogP contribution in [0.2, 0.25) is 5.02 Å². The van der Waals surface area contributed by atoms with E-state index < -0.39 is 5.41 Å². The maximum atomic E-state index is 12.2. The van der Waals surface area contributed by atoms with Crippen molar-refractivity contribution in [2.24, 2.45) is 5.41 Å². The molecule has 23 heavy (non-hydrogen) atoms. The van der Waals surface area contributed by atoms with E-state index in [2.05, 4.69) is 15.4 Å². The molecule has 3 rings (SSSR count). The Hall–Kier alpha value is -1.63. The van der Waals surface area contributed by atoms with Crippen molar-refractivity contribution in [1.82, 2.24) is 14.6 Å². The Morgan fingerprint density at radius 3 is 2.70 bits per heavy atom. The maximum Gasteiger partial charge on any atom is 0.250 e. The van der Waals surface area contributed by atoms with Crippen LogP contribution >= 0.6 is 34.5 Å². The summed E-state index contributed by atoms with van der Waals surface area (Å²) in [6.45, 7) is 3.54. The van der Waals surface area contributed by atoms with Crippen molar-refractivity contribution in [3.05, 3.63) is 34.7 Å². The average Bonchev–Trinajstić information content (AvgIpc) is 3.08. The van der Waals surface area contributed by atoms with Crippen molar-refractivity contribution in [3.8, 4) is 11.3 Å². The lowest BCUT2D eigenvalue weighted by molar-refractivity contribution is -0.123. The van der Waals surface area contributed by atoms with Crippen LogP contribution in [0.3, 0.4) is 0 Å². The fourth-order valence-electron chi connectivity index (χ4n) is 1.88. The molecule has 2 heterocycles. The van der Waals surface area contributed by atoms with E-state index in [9.17, 15) is 4.79 Å². The summed E-state index contributed by atoms with van der Waals surface area (Å²) < 4.78 is 1.71. The first-order valence-corrected chi connectivity index (χ1v) is 8.67. The zero-order chi connectivity index (χ0) is 16.6.